The predicted octanol–water partition coefficient (Wildman–Crippen LogP) is 4.37. The maximum atomic E-state index is 4.35. The Kier molecular flexibility index (Phi) is 2.75. The van der Waals surface area contributed by atoms with Gasteiger partial charge in [-0.15, -0.1) is 16.4 Å². The molecule has 1 N–H and O–H groups in total. The van der Waals surface area contributed by atoms with Gasteiger partial charge >= 0.3 is 0 Å². The standard InChI is InChI=1S/C18H14N4S/c1-2-4-15-12(3-1)11-13(19-15)7-9-22-18-14-8-10-23-17(14)6-5-16(18)20-21-22/h1-6,8,10-11,19H,7,9H2. The predicted molar refractivity (Wildman–Crippen MR) is 94.9 cm³/mol. The molecule has 0 aliphatic heterocycles. The lowest BCUT2D eigenvalue weighted by atomic mass is 10.2. The van der Waals surface area contributed by atoms with Crippen molar-refractivity contribution in [3.8, 4) is 0 Å². The van der Waals surface area contributed by atoms with Crippen LogP contribution in [0, 0.1) is 0 Å². The van der Waals surface area contributed by atoms with Crippen LogP contribution in [-0.2, 0) is 13.0 Å². The summed E-state index contributed by atoms with van der Waals surface area (Å²) in [6.45, 7) is 0.818. The zero-order valence-electron chi connectivity index (χ0n) is 12.4. The Labute approximate surface area is 136 Å². The third kappa shape index (κ3) is 2.04. The molecule has 23 heavy (non-hydrogen) atoms. The minimum Gasteiger partial charge on any atom is -0.358 e. The summed E-state index contributed by atoms with van der Waals surface area (Å²) in [7, 11) is 0. The molecule has 0 spiro atoms. The highest BCUT2D eigenvalue weighted by atomic mass is 32.1. The zero-order valence-corrected chi connectivity index (χ0v) is 13.2. The van der Waals surface area contributed by atoms with Gasteiger partial charge in [0.05, 0.1) is 5.52 Å². The summed E-state index contributed by atoms with van der Waals surface area (Å²) in [6.07, 6.45) is 0.910. The monoisotopic (exact) mass is 318 g/mol. The number of fused-ring (bicyclic) bond motifs is 4. The molecule has 2 aromatic carbocycles. The molecule has 0 saturated heterocycles. The topological polar surface area (TPSA) is 46.5 Å². The summed E-state index contributed by atoms with van der Waals surface area (Å²) >= 11 is 1.76. The number of H-pyrrole nitrogens is 1. The maximum absolute atomic E-state index is 4.35. The highest BCUT2D eigenvalue weighted by Crippen LogP contribution is 2.28. The lowest BCUT2D eigenvalue weighted by molar-refractivity contribution is 0.604. The van der Waals surface area contributed by atoms with E-state index in [9.17, 15) is 0 Å². The first-order valence-electron chi connectivity index (χ1n) is 7.64. The Morgan fingerprint density at radius 2 is 2.04 bits per heavy atom. The summed E-state index contributed by atoms with van der Waals surface area (Å²) in [5.74, 6) is 0. The second kappa shape index (κ2) is 4.93. The van der Waals surface area contributed by atoms with Gasteiger partial charge in [-0.25, -0.2) is 4.68 Å². The number of nitrogens with one attached hydrogen (secondary N) is 1. The summed E-state index contributed by atoms with van der Waals surface area (Å²) < 4.78 is 3.31. The second-order valence-electron chi connectivity index (χ2n) is 5.71. The lowest BCUT2D eigenvalue weighted by Gasteiger charge is -2.02. The van der Waals surface area contributed by atoms with Crippen LogP contribution < -0.4 is 0 Å². The first kappa shape index (κ1) is 12.8. The van der Waals surface area contributed by atoms with Gasteiger partial charge in [0.2, 0.25) is 0 Å². The Morgan fingerprint density at radius 1 is 1.09 bits per heavy atom. The van der Waals surface area contributed by atoms with Crippen LogP contribution in [0.5, 0.6) is 0 Å². The van der Waals surface area contributed by atoms with Crippen LogP contribution in [0.3, 0.4) is 0 Å². The number of nitrogens with zero attached hydrogens (tertiary/aromatic N) is 3. The number of aromatic amines is 1. The Balaban J connectivity index is 1.52. The fourth-order valence-electron chi connectivity index (χ4n) is 3.17. The number of benzene rings is 2. The van der Waals surface area contributed by atoms with Gasteiger partial charge < -0.3 is 4.98 Å². The van der Waals surface area contributed by atoms with E-state index in [1.807, 2.05) is 4.68 Å². The van der Waals surface area contributed by atoms with Crippen molar-refractivity contribution in [2.45, 2.75) is 13.0 Å². The molecule has 0 fully saturated rings. The minimum atomic E-state index is 0.818. The molecule has 3 aromatic heterocycles. The number of rotatable bonds is 3. The normalized spacial score (nSPS) is 11.8. The summed E-state index contributed by atoms with van der Waals surface area (Å²) in [4.78, 5) is 3.48. The van der Waals surface area contributed by atoms with Crippen molar-refractivity contribution in [1.82, 2.24) is 20.0 Å². The number of aryl methyl sites for hydroxylation is 2. The van der Waals surface area contributed by atoms with Crippen LogP contribution in [0.2, 0.25) is 0 Å². The SMILES string of the molecule is c1ccc2[nH]c(CCn3nnc4ccc5sccc5c43)cc2c1. The highest BCUT2D eigenvalue weighted by Gasteiger charge is 2.10. The van der Waals surface area contributed by atoms with Gasteiger partial charge in [-0.05, 0) is 41.1 Å². The van der Waals surface area contributed by atoms with Gasteiger partial charge in [-0.3, -0.25) is 0 Å². The Morgan fingerprint density at radius 3 is 3.00 bits per heavy atom. The van der Waals surface area contributed by atoms with Crippen LogP contribution in [0.1, 0.15) is 5.69 Å². The number of hydrogen-bond donors (Lipinski definition) is 1. The van der Waals surface area contributed by atoms with Gasteiger partial charge in [0.25, 0.3) is 0 Å². The van der Waals surface area contributed by atoms with E-state index < -0.39 is 0 Å². The molecule has 112 valence electrons. The van der Waals surface area contributed by atoms with E-state index in [1.54, 1.807) is 11.3 Å². The molecule has 0 amide bonds. The molecule has 4 nitrogen and oxygen atoms in total. The summed E-state index contributed by atoms with van der Waals surface area (Å²) in [5, 5.41) is 13.3. The van der Waals surface area contributed by atoms with Crippen LogP contribution in [0.25, 0.3) is 32.0 Å². The van der Waals surface area contributed by atoms with Gasteiger partial charge in [-0.2, -0.15) is 0 Å². The Bertz CT molecular complexity index is 1100. The molecule has 5 rings (SSSR count). The minimum absolute atomic E-state index is 0.818. The maximum Gasteiger partial charge on any atom is 0.113 e. The molecule has 5 heteroatoms. The van der Waals surface area contributed by atoms with Crippen molar-refractivity contribution in [1.29, 1.82) is 0 Å². The van der Waals surface area contributed by atoms with Crippen LogP contribution in [0.15, 0.2) is 53.9 Å². The van der Waals surface area contributed by atoms with Crippen molar-refractivity contribution >= 4 is 43.4 Å². The van der Waals surface area contributed by atoms with Gasteiger partial charge in [0.15, 0.2) is 0 Å². The highest BCUT2D eigenvalue weighted by molar-refractivity contribution is 7.17. The third-order valence-electron chi connectivity index (χ3n) is 4.28. The molecule has 5 aromatic rings. The van der Waals surface area contributed by atoms with Gasteiger partial charge in [-0.1, -0.05) is 23.4 Å². The van der Waals surface area contributed by atoms with Crippen molar-refractivity contribution in [3.05, 3.63) is 59.6 Å². The van der Waals surface area contributed by atoms with E-state index in [2.05, 4.69) is 69.2 Å². The molecule has 0 atom stereocenters. The van der Waals surface area contributed by atoms with E-state index in [1.165, 1.54) is 26.7 Å². The zero-order chi connectivity index (χ0) is 15.2. The number of aromatic nitrogens is 4. The molecular formula is C18H14N4S. The van der Waals surface area contributed by atoms with E-state index >= 15 is 0 Å². The van der Waals surface area contributed by atoms with E-state index in [4.69, 9.17) is 0 Å². The summed E-state index contributed by atoms with van der Waals surface area (Å²) in [5.41, 5.74) is 4.52. The van der Waals surface area contributed by atoms with Crippen molar-refractivity contribution in [2.75, 3.05) is 0 Å². The summed E-state index contributed by atoms with van der Waals surface area (Å²) in [6, 6.07) is 16.9. The van der Waals surface area contributed by atoms with E-state index in [0.717, 1.165) is 24.0 Å². The average Bonchev–Trinajstić information content (AvgIpc) is 3.28. The smallest absolute Gasteiger partial charge is 0.113 e. The quantitative estimate of drug-likeness (QED) is 0.537. The molecular weight excluding hydrogens is 304 g/mol. The molecule has 0 aliphatic carbocycles. The van der Waals surface area contributed by atoms with E-state index in [0.29, 0.717) is 0 Å². The van der Waals surface area contributed by atoms with Gasteiger partial charge in [0.1, 0.15) is 5.52 Å². The van der Waals surface area contributed by atoms with Crippen molar-refractivity contribution < 1.29 is 0 Å². The molecule has 0 unspecified atom stereocenters. The van der Waals surface area contributed by atoms with Crippen molar-refractivity contribution in [3.63, 3.8) is 0 Å². The number of thiophene rings is 1. The first-order valence-corrected chi connectivity index (χ1v) is 8.52. The molecule has 0 saturated carbocycles. The first-order chi connectivity index (χ1) is 11.4. The molecule has 3 heterocycles. The molecule has 0 aliphatic rings. The second-order valence-corrected chi connectivity index (χ2v) is 6.66. The van der Waals surface area contributed by atoms with Crippen LogP contribution in [-0.4, -0.2) is 20.0 Å². The third-order valence-corrected chi connectivity index (χ3v) is 5.16. The average molecular weight is 318 g/mol. The van der Waals surface area contributed by atoms with Crippen LogP contribution >= 0.6 is 11.3 Å². The Hall–Kier alpha value is -2.66. The molecule has 0 bridgehead atoms. The number of para-hydroxylation sites is 1. The number of hydrogen-bond acceptors (Lipinski definition) is 3. The van der Waals surface area contributed by atoms with E-state index in [-0.39, 0.29) is 0 Å². The largest absolute Gasteiger partial charge is 0.358 e. The fourth-order valence-corrected chi connectivity index (χ4v) is 3.96. The lowest BCUT2D eigenvalue weighted by Crippen LogP contribution is -2.03. The van der Waals surface area contributed by atoms with Gasteiger partial charge in [0, 0.05) is 34.3 Å². The fraction of sp³-hybridized carbons (Fsp3) is 0.111. The molecule has 0 radical (unpaired) electrons. The van der Waals surface area contributed by atoms with Crippen molar-refractivity contribution in [2.24, 2.45) is 0 Å². The van der Waals surface area contributed by atoms with Crippen LogP contribution in [0.4, 0.5) is 0 Å².